The molecule has 0 aromatic rings. The maximum atomic E-state index is 10.9. The summed E-state index contributed by atoms with van der Waals surface area (Å²) in [6.45, 7) is 5.25. The molecule has 2 radical (unpaired) electrons. The van der Waals surface area contributed by atoms with Crippen molar-refractivity contribution in [1.82, 2.24) is 9.80 Å². The van der Waals surface area contributed by atoms with Gasteiger partial charge in [0.1, 0.15) is 0 Å². The van der Waals surface area contributed by atoms with Crippen LogP contribution in [-0.4, -0.2) is 41.9 Å². The number of carbonyl (C=O) groups is 1. The van der Waals surface area contributed by atoms with Gasteiger partial charge in [-0.1, -0.05) is 0 Å². The van der Waals surface area contributed by atoms with E-state index in [1.165, 1.54) is 0 Å². The third-order valence-corrected chi connectivity index (χ3v) is 2.03. The first kappa shape index (κ1) is 49.8. The molecule has 1 saturated heterocycles. The Bertz CT molecular complexity index is 166. The van der Waals surface area contributed by atoms with E-state index in [0.29, 0.717) is 0 Å². The van der Waals surface area contributed by atoms with E-state index >= 15 is 0 Å². The fourth-order valence-corrected chi connectivity index (χ4v) is 1.29. The quantitative estimate of drug-likeness (QED) is 0.431. The Morgan fingerprint density at radius 2 is 1.37 bits per heavy atom. The predicted molar refractivity (Wildman–Crippen MR) is 75.9 cm³/mol. The summed E-state index contributed by atoms with van der Waals surface area (Å²) in [7, 11) is 3.85. The number of hydrogen-bond acceptors (Lipinski definition) is 2. The molecule has 1 aliphatic heterocycles. The van der Waals surface area contributed by atoms with Crippen molar-refractivity contribution in [3.05, 3.63) is 44.2 Å². The van der Waals surface area contributed by atoms with Gasteiger partial charge < -0.3 is 46.9 Å². The topological polar surface area (TPSA) is 23.6 Å². The van der Waals surface area contributed by atoms with Crippen molar-refractivity contribution < 1.29 is 77.1 Å². The second kappa shape index (κ2) is 28.0. The van der Waals surface area contributed by atoms with Gasteiger partial charge in [0, 0.05) is 92.3 Å². The maximum Gasteiger partial charge on any atom is 0.219 e. The Labute approximate surface area is 175 Å². The first-order valence-electron chi connectivity index (χ1n) is 4.01. The minimum Gasteiger partial charge on any atom is -0.458 e. The van der Waals surface area contributed by atoms with Gasteiger partial charge in [-0.25, -0.2) is 0 Å². The van der Waals surface area contributed by atoms with Crippen LogP contribution in [0.5, 0.6) is 0 Å². The monoisotopic (exact) mass is 554 g/mol. The maximum absolute atomic E-state index is 10.9. The molecule has 0 aromatic carbocycles. The number of rotatable bonds is 0. The summed E-state index contributed by atoms with van der Waals surface area (Å²) in [4.78, 5) is 14.8. The van der Waals surface area contributed by atoms with Crippen molar-refractivity contribution in [3.8, 4) is 0 Å². The first-order valence-corrected chi connectivity index (χ1v) is 4.01. The van der Waals surface area contributed by atoms with Crippen molar-refractivity contribution >= 4 is 5.91 Å². The van der Waals surface area contributed by atoms with E-state index in [1.54, 1.807) is 6.92 Å². The average Bonchev–Trinajstić information content (AvgIpc) is 2.13. The van der Waals surface area contributed by atoms with Gasteiger partial charge in [-0.2, -0.15) is 0 Å². The van der Waals surface area contributed by atoms with Crippen LogP contribution in [0.1, 0.15) is 13.3 Å². The van der Waals surface area contributed by atoms with E-state index in [1.807, 2.05) is 9.80 Å². The van der Waals surface area contributed by atoms with Gasteiger partial charge in [0.15, 0.2) is 0 Å². The molecule has 1 heterocycles. The third kappa shape index (κ3) is 22.2. The summed E-state index contributed by atoms with van der Waals surface area (Å²) in [6, 6.07) is 0. The molecular formula is C13H30N2OVWY-6. The largest absolute Gasteiger partial charge is 0.458 e. The zero-order valence-corrected chi connectivity index (χ0v) is 20.6. The van der Waals surface area contributed by atoms with Crippen molar-refractivity contribution in [2.75, 3.05) is 26.2 Å². The van der Waals surface area contributed by atoms with Gasteiger partial charge in [-0.15, -0.1) is 0 Å². The molecule has 1 amide bonds. The molecular weight excluding hydrogens is 524 g/mol. The third-order valence-electron chi connectivity index (χ3n) is 2.03. The number of nitrogens with zero attached hydrogens (tertiary/aromatic N) is 2. The molecule has 6 heteroatoms. The molecule has 0 unspecified atom stereocenters. The second-order valence-corrected chi connectivity index (χ2v) is 2.98. The van der Waals surface area contributed by atoms with Crippen molar-refractivity contribution in [2.24, 2.45) is 0 Å². The molecule has 1 rings (SSSR count). The summed E-state index contributed by atoms with van der Waals surface area (Å²) in [6.07, 6.45) is 1.04. The van der Waals surface area contributed by atoms with Gasteiger partial charge in [-0.3, -0.25) is 11.8 Å². The van der Waals surface area contributed by atoms with Gasteiger partial charge >= 0.3 is 0 Å². The molecule has 19 heavy (non-hydrogen) atoms. The summed E-state index contributed by atoms with van der Waals surface area (Å²) >= 11 is 0. The fourth-order valence-electron chi connectivity index (χ4n) is 1.29. The molecule has 0 atom stereocenters. The van der Waals surface area contributed by atoms with Crippen LogP contribution in [0.3, 0.4) is 0 Å². The van der Waals surface area contributed by atoms with Crippen molar-refractivity contribution in [3.63, 3.8) is 0 Å². The van der Waals surface area contributed by atoms with Crippen LogP contribution in [-0.2, 0) is 77.1 Å². The van der Waals surface area contributed by atoms with Gasteiger partial charge in [-0.05, 0) is 19.5 Å². The molecule has 0 aromatic heterocycles. The summed E-state index contributed by atoms with van der Waals surface area (Å²) in [5, 5.41) is 0. The van der Waals surface area contributed by atoms with E-state index in [0.717, 1.165) is 32.6 Å². The Balaban J connectivity index is -0.0000000252. The first-order chi connectivity index (χ1) is 5.20. The van der Waals surface area contributed by atoms with Crippen molar-refractivity contribution in [1.29, 1.82) is 0 Å². The molecule has 0 N–H and O–H groups in total. The number of amides is 1. The molecule has 3 nitrogen and oxygen atoms in total. The smallest absolute Gasteiger partial charge is 0.219 e. The van der Waals surface area contributed by atoms with Crippen LogP contribution >= 0.6 is 0 Å². The van der Waals surface area contributed by atoms with E-state index in [4.69, 9.17) is 0 Å². The Kier molecular flexibility index (Phi) is 73.4. The van der Waals surface area contributed by atoms with Crippen LogP contribution in [0.25, 0.3) is 0 Å². The number of hydrogen-bond donors (Lipinski definition) is 0. The molecule has 0 saturated carbocycles. The van der Waals surface area contributed by atoms with Crippen LogP contribution in [0.2, 0.25) is 0 Å². The van der Waals surface area contributed by atoms with E-state index in [9.17, 15) is 4.79 Å². The Morgan fingerprint density at radius 3 is 1.74 bits per heavy atom. The average molecular weight is 554 g/mol. The SMILES string of the molecule is [CH2-]N1CCCN(C(C)=O)CC1.[CH3-].[CH3-].[CH3-].[CH3-].[CH3-].[V].[W].[Y]. The molecule has 118 valence electrons. The van der Waals surface area contributed by atoms with E-state index in [2.05, 4.69) is 7.05 Å². The fraction of sp³-hybridized carbons (Fsp3) is 0.462. The molecule has 1 fully saturated rings. The van der Waals surface area contributed by atoms with Crippen LogP contribution in [0.15, 0.2) is 0 Å². The standard InChI is InChI=1S/C8H15N2O.5CH3.V.W.Y/c1-8(11)10-5-3-4-9(2)6-7-10;;;;;;;;/h2-7H2,1H3;5*1H3;;;/q6*-1;;;. The predicted octanol–water partition coefficient (Wildman–Crippen LogP) is 2.58. The summed E-state index contributed by atoms with van der Waals surface area (Å²) < 4.78 is 0. The molecule has 0 aliphatic carbocycles. The number of carbonyl (C=O) groups excluding carboxylic acids is 1. The van der Waals surface area contributed by atoms with Gasteiger partial charge in [0.05, 0.1) is 0 Å². The van der Waals surface area contributed by atoms with Crippen molar-refractivity contribution in [2.45, 2.75) is 13.3 Å². The Morgan fingerprint density at radius 1 is 0.947 bits per heavy atom. The molecule has 0 spiro atoms. The van der Waals surface area contributed by atoms with Gasteiger partial charge in [0.25, 0.3) is 0 Å². The normalized spacial score (nSPS) is 12.4. The zero-order valence-electron chi connectivity index (χ0n) is 13.5. The minimum absolute atomic E-state index is 0. The summed E-state index contributed by atoms with van der Waals surface area (Å²) in [5.74, 6) is 0.181. The molecule has 0 bridgehead atoms. The summed E-state index contributed by atoms with van der Waals surface area (Å²) in [5.41, 5.74) is 0. The second-order valence-electron chi connectivity index (χ2n) is 2.98. The van der Waals surface area contributed by atoms with Crippen LogP contribution in [0, 0.1) is 44.2 Å². The minimum atomic E-state index is 0. The Hall–Kier alpha value is 1.81. The van der Waals surface area contributed by atoms with Gasteiger partial charge in [0.2, 0.25) is 5.91 Å². The van der Waals surface area contributed by atoms with E-state index in [-0.39, 0.29) is 115 Å². The van der Waals surface area contributed by atoms with Crippen LogP contribution < -0.4 is 0 Å². The molecule has 1 aliphatic rings. The van der Waals surface area contributed by atoms with E-state index < -0.39 is 0 Å². The zero-order chi connectivity index (χ0) is 8.27. The van der Waals surface area contributed by atoms with Crippen LogP contribution in [0.4, 0.5) is 0 Å².